The fraction of sp³-hybridized carbons (Fsp3) is 0.278. The fourth-order valence-corrected chi connectivity index (χ4v) is 3.49. The van der Waals surface area contributed by atoms with Gasteiger partial charge in [0.25, 0.3) is 10.0 Å². The molecule has 1 N–H and O–H groups in total. The summed E-state index contributed by atoms with van der Waals surface area (Å²) in [5, 5.41) is 4.03. The molecule has 0 atom stereocenters. The number of hydrazone groups is 1. The molecule has 0 aliphatic rings. The molecule has 0 bridgehead atoms. The van der Waals surface area contributed by atoms with Gasteiger partial charge in [0.1, 0.15) is 0 Å². The number of hydrogen-bond donors (Lipinski definition) is 1. The lowest BCUT2D eigenvalue weighted by molar-refractivity contribution is 0.355. The van der Waals surface area contributed by atoms with Crippen LogP contribution in [-0.2, 0) is 10.0 Å². The second-order valence-electron chi connectivity index (χ2n) is 5.63. The van der Waals surface area contributed by atoms with E-state index in [4.69, 9.17) is 9.47 Å². The van der Waals surface area contributed by atoms with E-state index in [2.05, 4.69) is 9.93 Å². The first kappa shape index (κ1) is 18.8. The average Bonchev–Trinajstić information content (AvgIpc) is 2.61. The van der Waals surface area contributed by atoms with Gasteiger partial charge in [0.05, 0.1) is 24.8 Å². The first-order valence-electron chi connectivity index (χ1n) is 7.64. The van der Waals surface area contributed by atoms with E-state index < -0.39 is 10.0 Å². The van der Waals surface area contributed by atoms with Crippen LogP contribution in [0.15, 0.2) is 46.4 Å². The highest BCUT2D eigenvalue weighted by Crippen LogP contribution is 2.27. The third-order valence-corrected chi connectivity index (χ3v) is 5.12. The zero-order valence-electron chi connectivity index (χ0n) is 15.0. The molecule has 0 aliphatic carbocycles. The van der Waals surface area contributed by atoms with Crippen LogP contribution in [0.2, 0.25) is 0 Å². The van der Waals surface area contributed by atoms with Gasteiger partial charge in [-0.1, -0.05) is 12.1 Å². The fourth-order valence-electron chi connectivity index (χ4n) is 2.30. The molecule has 2 aromatic rings. The second kappa shape index (κ2) is 7.57. The Morgan fingerprint density at radius 2 is 1.68 bits per heavy atom. The highest BCUT2D eigenvalue weighted by atomic mass is 32.2. The SMILES string of the molecule is COc1ccc(/C(C)=N/NS(=O)(=O)c2cc(C)ccc2C)cc1OC. The van der Waals surface area contributed by atoms with Crippen molar-refractivity contribution in [2.24, 2.45) is 5.10 Å². The Bertz CT molecular complexity index is 905. The van der Waals surface area contributed by atoms with Gasteiger partial charge in [-0.3, -0.25) is 0 Å². The molecule has 0 saturated heterocycles. The molecule has 0 spiro atoms. The molecule has 0 heterocycles. The normalized spacial score (nSPS) is 12.0. The molecule has 0 aliphatic heterocycles. The number of rotatable bonds is 6. The first-order chi connectivity index (χ1) is 11.8. The number of ether oxygens (including phenoxy) is 2. The van der Waals surface area contributed by atoms with Crippen LogP contribution in [0, 0.1) is 13.8 Å². The van der Waals surface area contributed by atoms with Gasteiger partial charge in [0.2, 0.25) is 0 Å². The molecule has 2 rings (SSSR count). The Balaban J connectivity index is 2.30. The van der Waals surface area contributed by atoms with Gasteiger partial charge in [0, 0.05) is 5.56 Å². The Morgan fingerprint density at radius 1 is 1.00 bits per heavy atom. The molecule has 25 heavy (non-hydrogen) atoms. The average molecular weight is 362 g/mol. The van der Waals surface area contributed by atoms with Gasteiger partial charge in [-0.05, 0) is 56.2 Å². The van der Waals surface area contributed by atoms with Crippen LogP contribution in [0.4, 0.5) is 0 Å². The maximum Gasteiger partial charge on any atom is 0.276 e. The molecular weight excluding hydrogens is 340 g/mol. The third kappa shape index (κ3) is 4.30. The number of nitrogens with one attached hydrogen (secondary N) is 1. The van der Waals surface area contributed by atoms with Crippen LogP contribution in [0.3, 0.4) is 0 Å². The standard InChI is InChI=1S/C18H22N2O4S/c1-12-6-7-13(2)18(10-12)25(21,22)20-19-14(3)15-8-9-16(23-4)17(11-15)24-5/h6-11,20H,1-5H3/b19-14+. The molecule has 0 saturated carbocycles. The second-order valence-corrected chi connectivity index (χ2v) is 7.26. The maximum absolute atomic E-state index is 12.5. The van der Waals surface area contributed by atoms with E-state index in [9.17, 15) is 8.42 Å². The molecule has 134 valence electrons. The summed E-state index contributed by atoms with van der Waals surface area (Å²) in [5.41, 5.74) is 2.76. The van der Waals surface area contributed by atoms with Gasteiger partial charge in [0.15, 0.2) is 11.5 Å². The summed E-state index contributed by atoms with van der Waals surface area (Å²) in [6, 6.07) is 10.5. The van der Waals surface area contributed by atoms with E-state index in [1.54, 1.807) is 51.3 Å². The van der Waals surface area contributed by atoms with Crippen LogP contribution >= 0.6 is 0 Å². The van der Waals surface area contributed by atoms with Gasteiger partial charge in [-0.2, -0.15) is 18.4 Å². The summed E-state index contributed by atoms with van der Waals surface area (Å²) < 4.78 is 35.4. The van der Waals surface area contributed by atoms with Crippen molar-refractivity contribution < 1.29 is 17.9 Å². The predicted molar refractivity (Wildman–Crippen MR) is 98.0 cm³/mol. The molecule has 2 aromatic carbocycles. The monoisotopic (exact) mass is 362 g/mol. The minimum absolute atomic E-state index is 0.219. The first-order valence-corrected chi connectivity index (χ1v) is 9.12. The smallest absolute Gasteiger partial charge is 0.276 e. The molecule has 0 unspecified atom stereocenters. The number of methoxy groups -OCH3 is 2. The van der Waals surface area contributed by atoms with Crippen LogP contribution in [0.25, 0.3) is 0 Å². The summed E-state index contributed by atoms with van der Waals surface area (Å²) in [6.07, 6.45) is 0. The maximum atomic E-state index is 12.5. The van der Waals surface area contributed by atoms with Crippen molar-refractivity contribution in [3.63, 3.8) is 0 Å². The van der Waals surface area contributed by atoms with Crippen LogP contribution in [-0.4, -0.2) is 28.3 Å². The van der Waals surface area contributed by atoms with Crippen molar-refractivity contribution in [2.45, 2.75) is 25.7 Å². The number of hydrogen-bond acceptors (Lipinski definition) is 5. The molecule has 0 fully saturated rings. The lowest BCUT2D eigenvalue weighted by Crippen LogP contribution is -2.21. The largest absolute Gasteiger partial charge is 0.493 e. The topological polar surface area (TPSA) is 77.0 Å². The van der Waals surface area contributed by atoms with Crippen molar-refractivity contribution in [1.29, 1.82) is 0 Å². The quantitative estimate of drug-likeness (QED) is 0.633. The minimum Gasteiger partial charge on any atom is -0.493 e. The molecule has 0 amide bonds. The van der Waals surface area contributed by atoms with E-state index in [0.717, 1.165) is 11.1 Å². The predicted octanol–water partition coefficient (Wildman–Crippen LogP) is 3.02. The van der Waals surface area contributed by atoms with Crippen LogP contribution < -0.4 is 14.3 Å². The van der Waals surface area contributed by atoms with E-state index in [0.29, 0.717) is 22.8 Å². The number of sulfonamides is 1. The molecule has 6 nitrogen and oxygen atoms in total. The lowest BCUT2D eigenvalue weighted by Gasteiger charge is -2.11. The van der Waals surface area contributed by atoms with Crippen molar-refractivity contribution >= 4 is 15.7 Å². The van der Waals surface area contributed by atoms with Crippen molar-refractivity contribution in [3.05, 3.63) is 53.1 Å². The van der Waals surface area contributed by atoms with Crippen LogP contribution in [0.5, 0.6) is 11.5 Å². The van der Waals surface area contributed by atoms with E-state index in [-0.39, 0.29) is 4.90 Å². The van der Waals surface area contributed by atoms with Gasteiger partial charge in [-0.25, -0.2) is 0 Å². The highest BCUT2D eigenvalue weighted by Gasteiger charge is 2.16. The summed E-state index contributed by atoms with van der Waals surface area (Å²) in [6.45, 7) is 5.31. The van der Waals surface area contributed by atoms with Crippen molar-refractivity contribution in [1.82, 2.24) is 4.83 Å². The zero-order chi connectivity index (χ0) is 18.6. The van der Waals surface area contributed by atoms with E-state index in [1.807, 2.05) is 13.0 Å². The molecule has 0 aromatic heterocycles. The van der Waals surface area contributed by atoms with E-state index >= 15 is 0 Å². The van der Waals surface area contributed by atoms with Gasteiger partial charge in [-0.15, -0.1) is 0 Å². The Kier molecular flexibility index (Phi) is 5.69. The third-order valence-electron chi connectivity index (χ3n) is 3.77. The Hall–Kier alpha value is -2.54. The highest BCUT2D eigenvalue weighted by molar-refractivity contribution is 7.89. The zero-order valence-corrected chi connectivity index (χ0v) is 15.8. The summed E-state index contributed by atoms with van der Waals surface area (Å²) in [5.74, 6) is 1.14. The van der Waals surface area contributed by atoms with Gasteiger partial charge >= 0.3 is 0 Å². The minimum atomic E-state index is -3.74. The van der Waals surface area contributed by atoms with Crippen molar-refractivity contribution in [3.8, 4) is 11.5 Å². The Labute approximate surface area is 148 Å². The number of aryl methyl sites for hydroxylation is 2. The van der Waals surface area contributed by atoms with Crippen LogP contribution in [0.1, 0.15) is 23.6 Å². The van der Waals surface area contributed by atoms with Gasteiger partial charge < -0.3 is 9.47 Å². The lowest BCUT2D eigenvalue weighted by atomic mass is 10.1. The van der Waals surface area contributed by atoms with E-state index in [1.165, 1.54) is 7.11 Å². The Morgan fingerprint density at radius 3 is 2.32 bits per heavy atom. The number of nitrogens with zero attached hydrogens (tertiary/aromatic N) is 1. The number of benzene rings is 2. The van der Waals surface area contributed by atoms with Crippen molar-refractivity contribution in [2.75, 3.05) is 14.2 Å². The molecule has 7 heteroatoms. The summed E-state index contributed by atoms with van der Waals surface area (Å²) in [4.78, 5) is 2.51. The summed E-state index contributed by atoms with van der Waals surface area (Å²) >= 11 is 0. The summed E-state index contributed by atoms with van der Waals surface area (Å²) in [7, 11) is -0.647. The molecule has 0 radical (unpaired) electrons. The molecular formula is C18H22N2O4S.